The second-order valence-electron chi connectivity index (χ2n) is 4.84. The zero-order valence-corrected chi connectivity index (χ0v) is 10.4. The van der Waals surface area contributed by atoms with Gasteiger partial charge >= 0.3 is 6.09 Å². The maximum Gasteiger partial charge on any atom is 0.410 e. The second kappa shape index (κ2) is 4.87. The van der Waals surface area contributed by atoms with Crippen molar-refractivity contribution in [2.45, 2.75) is 25.0 Å². The lowest BCUT2D eigenvalue weighted by molar-refractivity contribution is 0.0914. The number of nitrogens with zero attached hydrogens (tertiary/aromatic N) is 2. The molecule has 0 aromatic carbocycles. The van der Waals surface area contributed by atoms with Crippen molar-refractivity contribution in [1.82, 2.24) is 15.2 Å². The predicted molar refractivity (Wildman–Crippen MR) is 66.6 cm³/mol. The lowest BCUT2D eigenvalue weighted by Gasteiger charge is -2.11. The first kappa shape index (κ1) is 12.0. The van der Waals surface area contributed by atoms with Crippen molar-refractivity contribution in [3.63, 3.8) is 0 Å². The van der Waals surface area contributed by atoms with Gasteiger partial charge in [-0.05, 0) is 25.0 Å². The van der Waals surface area contributed by atoms with Gasteiger partial charge in [0, 0.05) is 18.4 Å². The average Bonchev–Trinajstić information content (AvgIpc) is 3.21. The first-order chi connectivity index (χ1) is 9.24. The van der Waals surface area contributed by atoms with Crippen molar-refractivity contribution in [3.05, 3.63) is 30.1 Å². The number of hydrogen-bond acceptors (Lipinski definition) is 4. The summed E-state index contributed by atoms with van der Waals surface area (Å²) in [6.07, 6.45) is 4.72. The van der Waals surface area contributed by atoms with Gasteiger partial charge in [0.25, 0.3) is 5.91 Å². The minimum absolute atomic E-state index is 0.200. The summed E-state index contributed by atoms with van der Waals surface area (Å²) < 4.78 is 5.22. The van der Waals surface area contributed by atoms with Gasteiger partial charge < -0.3 is 15.0 Å². The van der Waals surface area contributed by atoms with Gasteiger partial charge in [0.1, 0.15) is 6.10 Å². The molecule has 6 nitrogen and oxygen atoms in total. The first-order valence-corrected chi connectivity index (χ1v) is 6.39. The molecule has 1 aromatic rings. The van der Waals surface area contributed by atoms with Crippen LogP contribution in [0.1, 0.15) is 23.2 Å². The number of ether oxygens (including phenoxy) is 1. The fourth-order valence-electron chi connectivity index (χ4n) is 2.14. The number of aromatic nitrogens is 1. The third-order valence-corrected chi connectivity index (χ3v) is 3.30. The Bertz CT molecular complexity index is 487. The fourth-order valence-corrected chi connectivity index (χ4v) is 2.14. The van der Waals surface area contributed by atoms with Crippen LogP contribution in [0.25, 0.3) is 0 Å². The summed E-state index contributed by atoms with van der Waals surface area (Å²) in [5.41, 5.74) is 0.505. The Morgan fingerprint density at radius 3 is 3.05 bits per heavy atom. The molecule has 1 saturated carbocycles. The molecule has 0 bridgehead atoms. The van der Waals surface area contributed by atoms with Gasteiger partial charge in [-0.25, -0.2) is 4.79 Å². The molecule has 19 heavy (non-hydrogen) atoms. The molecule has 1 N–H and O–H groups in total. The maximum atomic E-state index is 11.8. The van der Waals surface area contributed by atoms with Gasteiger partial charge in [-0.1, -0.05) is 0 Å². The van der Waals surface area contributed by atoms with E-state index in [1.165, 1.54) is 6.20 Å². The van der Waals surface area contributed by atoms with Crippen molar-refractivity contribution in [3.8, 4) is 0 Å². The molecule has 1 saturated heterocycles. The van der Waals surface area contributed by atoms with Gasteiger partial charge in [0.2, 0.25) is 0 Å². The van der Waals surface area contributed by atoms with Crippen LogP contribution in [0.5, 0.6) is 0 Å². The van der Waals surface area contributed by atoms with Crippen LogP contribution in [0.3, 0.4) is 0 Å². The predicted octanol–water partition coefficient (Wildman–Crippen LogP) is 0.795. The molecule has 2 fully saturated rings. The average molecular weight is 261 g/mol. The summed E-state index contributed by atoms with van der Waals surface area (Å²) in [4.78, 5) is 29.0. The molecule has 1 atom stereocenters. The zero-order chi connectivity index (χ0) is 13.2. The van der Waals surface area contributed by atoms with Crippen LogP contribution >= 0.6 is 0 Å². The minimum atomic E-state index is -0.261. The topological polar surface area (TPSA) is 71.5 Å². The zero-order valence-electron chi connectivity index (χ0n) is 10.4. The van der Waals surface area contributed by atoms with Crippen molar-refractivity contribution >= 4 is 12.0 Å². The number of rotatable bonds is 4. The maximum absolute atomic E-state index is 11.8. The summed E-state index contributed by atoms with van der Waals surface area (Å²) >= 11 is 0. The first-order valence-electron chi connectivity index (χ1n) is 6.39. The van der Waals surface area contributed by atoms with Crippen LogP contribution in [0.2, 0.25) is 0 Å². The highest BCUT2D eigenvalue weighted by molar-refractivity contribution is 5.93. The molecule has 2 heterocycles. The molecular formula is C13H15N3O3. The monoisotopic (exact) mass is 261 g/mol. The number of carbonyl (C=O) groups is 2. The third kappa shape index (κ3) is 2.67. The van der Waals surface area contributed by atoms with Gasteiger partial charge in [-0.3, -0.25) is 9.78 Å². The fraction of sp³-hybridized carbons (Fsp3) is 0.462. The van der Waals surface area contributed by atoms with Crippen LogP contribution in [-0.4, -0.2) is 47.1 Å². The molecule has 2 aliphatic rings. The van der Waals surface area contributed by atoms with E-state index in [0.29, 0.717) is 24.7 Å². The van der Waals surface area contributed by atoms with Crippen molar-refractivity contribution in [2.24, 2.45) is 0 Å². The van der Waals surface area contributed by atoms with E-state index < -0.39 is 0 Å². The van der Waals surface area contributed by atoms with E-state index >= 15 is 0 Å². The number of hydrogen-bond donors (Lipinski definition) is 1. The van der Waals surface area contributed by atoms with E-state index in [-0.39, 0.29) is 18.1 Å². The lowest BCUT2D eigenvalue weighted by atomic mass is 10.2. The van der Waals surface area contributed by atoms with Gasteiger partial charge in [-0.2, -0.15) is 0 Å². The van der Waals surface area contributed by atoms with E-state index in [1.807, 2.05) is 0 Å². The number of carbonyl (C=O) groups excluding carboxylic acids is 2. The minimum Gasteiger partial charge on any atom is -0.442 e. The molecule has 0 radical (unpaired) electrons. The van der Waals surface area contributed by atoms with E-state index in [9.17, 15) is 9.59 Å². The highest BCUT2D eigenvalue weighted by atomic mass is 16.6. The molecule has 2 amide bonds. The summed E-state index contributed by atoms with van der Waals surface area (Å²) in [5, 5.41) is 2.76. The summed E-state index contributed by atoms with van der Waals surface area (Å²) in [7, 11) is 0. The third-order valence-electron chi connectivity index (χ3n) is 3.30. The number of pyridine rings is 1. The van der Waals surface area contributed by atoms with Crippen molar-refractivity contribution < 1.29 is 14.3 Å². The smallest absolute Gasteiger partial charge is 0.410 e. The van der Waals surface area contributed by atoms with E-state index in [4.69, 9.17) is 4.74 Å². The van der Waals surface area contributed by atoms with Gasteiger partial charge in [0.15, 0.2) is 0 Å². The Kier molecular flexibility index (Phi) is 3.06. The summed E-state index contributed by atoms with van der Waals surface area (Å²) in [6.45, 7) is 0.902. The molecule has 0 spiro atoms. The molecular weight excluding hydrogens is 246 g/mol. The molecule has 1 aromatic heterocycles. The Balaban J connectivity index is 1.50. The highest BCUT2D eigenvalue weighted by Gasteiger charge is 2.40. The van der Waals surface area contributed by atoms with Crippen molar-refractivity contribution in [2.75, 3.05) is 13.1 Å². The Labute approximate surface area is 110 Å². The van der Waals surface area contributed by atoms with Gasteiger partial charge in [0.05, 0.1) is 18.7 Å². The lowest BCUT2D eigenvalue weighted by Crippen LogP contribution is -2.35. The summed E-state index contributed by atoms with van der Waals surface area (Å²) in [6, 6.07) is 3.75. The molecule has 6 heteroatoms. The number of amides is 2. The second-order valence-corrected chi connectivity index (χ2v) is 4.84. The molecule has 3 rings (SSSR count). The van der Waals surface area contributed by atoms with Crippen molar-refractivity contribution in [1.29, 1.82) is 0 Å². The number of cyclic esters (lactones) is 1. The Morgan fingerprint density at radius 1 is 1.53 bits per heavy atom. The molecule has 100 valence electrons. The highest BCUT2D eigenvalue weighted by Crippen LogP contribution is 2.30. The van der Waals surface area contributed by atoms with E-state index in [0.717, 1.165) is 12.8 Å². The SMILES string of the molecule is O=C(NCC1CN(C2CC2)C(=O)O1)c1cccnc1. The Hall–Kier alpha value is -2.11. The molecule has 1 aliphatic carbocycles. The van der Waals surface area contributed by atoms with E-state index in [2.05, 4.69) is 10.3 Å². The number of nitrogens with one attached hydrogen (secondary N) is 1. The molecule has 1 unspecified atom stereocenters. The standard InChI is InChI=1S/C13H15N3O3/c17-12(9-2-1-5-14-6-9)15-7-11-8-16(10-3-4-10)13(18)19-11/h1-2,5-6,10-11H,3-4,7-8H2,(H,15,17). The summed E-state index contributed by atoms with van der Waals surface area (Å²) in [5.74, 6) is -0.200. The van der Waals surface area contributed by atoms with Crippen LogP contribution < -0.4 is 5.32 Å². The molecule has 1 aliphatic heterocycles. The normalized spacial score (nSPS) is 22.2. The van der Waals surface area contributed by atoms with Crippen LogP contribution in [0.15, 0.2) is 24.5 Å². The van der Waals surface area contributed by atoms with E-state index in [1.54, 1.807) is 23.2 Å². The largest absolute Gasteiger partial charge is 0.442 e. The van der Waals surface area contributed by atoms with Crippen LogP contribution in [0.4, 0.5) is 4.79 Å². The Morgan fingerprint density at radius 2 is 2.37 bits per heavy atom. The van der Waals surface area contributed by atoms with Gasteiger partial charge in [-0.15, -0.1) is 0 Å². The quantitative estimate of drug-likeness (QED) is 0.870. The van der Waals surface area contributed by atoms with Crippen LogP contribution in [0, 0.1) is 0 Å². The van der Waals surface area contributed by atoms with Crippen LogP contribution in [-0.2, 0) is 4.74 Å².